The summed E-state index contributed by atoms with van der Waals surface area (Å²) in [7, 11) is 0. The molecule has 0 aliphatic carbocycles. The molecule has 0 N–H and O–H groups in total. The van der Waals surface area contributed by atoms with E-state index in [9.17, 15) is 9.59 Å². The van der Waals surface area contributed by atoms with Crippen LogP contribution in [-0.4, -0.2) is 46.6 Å². The number of hydrogen-bond donors (Lipinski definition) is 0. The molecule has 24 heavy (non-hydrogen) atoms. The van der Waals surface area contributed by atoms with E-state index in [2.05, 4.69) is 11.8 Å². The van der Waals surface area contributed by atoms with E-state index in [4.69, 9.17) is 4.74 Å². The van der Waals surface area contributed by atoms with Crippen LogP contribution in [0.5, 0.6) is 0 Å². The maximum absolute atomic E-state index is 12.5. The van der Waals surface area contributed by atoms with Crippen LogP contribution < -0.4 is 0 Å². The van der Waals surface area contributed by atoms with Crippen LogP contribution in [0.2, 0.25) is 0 Å². The lowest BCUT2D eigenvalue weighted by atomic mass is 10.0. The summed E-state index contributed by atoms with van der Waals surface area (Å²) in [5.74, 6) is 0.913. The first-order valence-corrected chi connectivity index (χ1v) is 9.74. The Kier molecular flexibility index (Phi) is 4.95. The van der Waals surface area contributed by atoms with E-state index in [1.165, 1.54) is 5.70 Å². The Hall–Kier alpha value is -1.43. The monoisotopic (exact) mass is 350 g/mol. The summed E-state index contributed by atoms with van der Waals surface area (Å²) < 4.78 is 5.44. The molecule has 0 radical (unpaired) electrons. The lowest BCUT2D eigenvalue weighted by Crippen LogP contribution is -2.35. The fourth-order valence-corrected chi connectivity index (χ4v) is 5.07. The van der Waals surface area contributed by atoms with Gasteiger partial charge in [-0.25, -0.2) is 4.79 Å². The second-order valence-corrected chi connectivity index (χ2v) is 7.96. The minimum absolute atomic E-state index is 0.109. The third-order valence-electron chi connectivity index (χ3n) is 4.74. The third-order valence-corrected chi connectivity index (χ3v) is 5.87. The first-order valence-electron chi connectivity index (χ1n) is 8.75. The smallest absolute Gasteiger partial charge is 0.337 e. The number of hydrogen-bond acceptors (Lipinski definition) is 5. The molecule has 132 valence electrons. The van der Waals surface area contributed by atoms with Crippen LogP contribution in [0, 0.1) is 5.92 Å². The van der Waals surface area contributed by atoms with Crippen molar-refractivity contribution in [3.8, 4) is 0 Å². The number of fused-ring (bicyclic) bond motifs is 1. The van der Waals surface area contributed by atoms with E-state index >= 15 is 0 Å². The second kappa shape index (κ2) is 6.82. The van der Waals surface area contributed by atoms with Gasteiger partial charge in [-0.1, -0.05) is 6.92 Å². The van der Waals surface area contributed by atoms with E-state index in [1.807, 2.05) is 18.7 Å². The fraction of sp³-hybridized carbons (Fsp3) is 0.667. The number of nitrogens with zero attached hydrogens (tertiary/aromatic N) is 2. The zero-order valence-corrected chi connectivity index (χ0v) is 15.7. The number of piperidine rings is 1. The van der Waals surface area contributed by atoms with Gasteiger partial charge in [-0.05, 0) is 33.1 Å². The Morgan fingerprint density at radius 2 is 2.00 bits per heavy atom. The van der Waals surface area contributed by atoms with E-state index in [-0.39, 0.29) is 23.9 Å². The molecule has 6 heteroatoms. The Morgan fingerprint density at radius 1 is 1.25 bits per heavy atom. The van der Waals surface area contributed by atoms with Crippen LogP contribution in [0.15, 0.2) is 22.0 Å². The van der Waals surface area contributed by atoms with Crippen LogP contribution in [0.4, 0.5) is 0 Å². The molecular formula is C18H26N2O3S. The molecule has 0 aromatic carbocycles. The molecule has 5 nitrogen and oxygen atoms in total. The van der Waals surface area contributed by atoms with Crippen molar-refractivity contribution in [2.24, 2.45) is 5.92 Å². The van der Waals surface area contributed by atoms with Gasteiger partial charge in [-0.3, -0.25) is 4.79 Å². The summed E-state index contributed by atoms with van der Waals surface area (Å²) in [5.41, 5.74) is 3.17. The first kappa shape index (κ1) is 17.4. The number of allylic oxidation sites excluding steroid dienone is 1. The van der Waals surface area contributed by atoms with Crippen molar-refractivity contribution in [3.05, 3.63) is 22.0 Å². The summed E-state index contributed by atoms with van der Waals surface area (Å²) in [6.45, 7) is 9.08. The highest BCUT2D eigenvalue weighted by Crippen LogP contribution is 2.47. The number of likely N-dealkylation sites (tertiary alicyclic amines) is 1. The van der Waals surface area contributed by atoms with Crippen molar-refractivity contribution in [1.82, 2.24) is 9.80 Å². The van der Waals surface area contributed by atoms with Crippen LogP contribution in [0.25, 0.3) is 0 Å². The predicted octanol–water partition coefficient (Wildman–Crippen LogP) is 3.09. The molecule has 0 bridgehead atoms. The topological polar surface area (TPSA) is 49.9 Å². The van der Waals surface area contributed by atoms with Gasteiger partial charge in [0.05, 0.1) is 16.7 Å². The van der Waals surface area contributed by atoms with Gasteiger partial charge in [0.2, 0.25) is 5.91 Å². The lowest BCUT2D eigenvalue weighted by molar-refractivity contribution is -0.143. The maximum atomic E-state index is 12.5. The van der Waals surface area contributed by atoms with Crippen molar-refractivity contribution in [3.63, 3.8) is 0 Å². The minimum Gasteiger partial charge on any atom is -0.460 e. The molecule has 0 spiro atoms. The van der Waals surface area contributed by atoms with E-state index in [0.717, 1.165) is 54.4 Å². The number of amides is 1. The molecular weight excluding hydrogens is 324 g/mol. The van der Waals surface area contributed by atoms with Crippen LogP contribution in [0.3, 0.4) is 0 Å². The van der Waals surface area contributed by atoms with Gasteiger partial charge in [0, 0.05) is 43.1 Å². The molecule has 1 unspecified atom stereocenters. The molecule has 0 saturated carbocycles. The maximum Gasteiger partial charge on any atom is 0.337 e. The predicted molar refractivity (Wildman–Crippen MR) is 94.8 cm³/mol. The highest BCUT2D eigenvalue weighted by molar-refractivity contribution is 8.03. The van der Waals surface area contributed by atoms with Gasteiger partial charge in [0.1, 0.15) is 0 Å². The highest BCUT2D eigenvalue weighted by Gasteiger charge is 2.41. The van der Waals surface area contributed by atoms with Gasteiger partial charge in [-0.15, -0.1) is 11.8 Å². The van der Waals surface area contributed by atoms with Crippen molar-refractivity contribution in [1.29, 1.82) is 0 Å². The Labute approximate surface area is 148 Å². The van der Waals surface area contributed by atoms with Crippen molar-refractivity contribution in [2.75, 3.05) is 18.8 Å². The molecule has 3 aliphatic rings. The molecule has 2 fully saturated rings. The van der Waals surface area contributed by atoms with E-state index in [0.29, 0.717) is 0 Å². The number of thioether (sulfide) groups is 1. The average Bonchev–Trinajstić information content (AvgIpc) is 3.03. The summed E-state index contributed by atoms with van der Waals surface area (Å²) in [4.78, 5) is 28.6. The molecule has 0 aromatic heterocycles. The first-order chi connectivity index (χ1) is 11.4. The number of carbonyl (C=O) groups is 2. The van der Waals surface area contributed by atoms with Crippen molar-refractivity contribution >= 4 is 23.6 Å². The molecule has 2 saturated heterocycles. The molecule has 1 amide bonds. The van der Waals surface area contributed by atoms with Crippen LogP contribution in [-0.2, 0) is 14.3 Å². The molecule has 3 aliphatic heterocycles. The summed E-state index contributed by atoms with van der Waals surface area (Å²) in [6, 6.07) is 0. The normalized spacial score (nSPS) is 27.1. The van der Waals surface area contributed by atoms with Gasteiger partial charge in [0.25, 0.3) is 0 Å². The minimum atomic E-state index is -0.194. The lowest BCUT2D eigenvalue weighted by Gasteiger charge is -2.32. The van der Waals surface area contributed by atoms with Crippen LogP contribution in [0.1, 0.15) is 47.0 Å². The number of esters is 1. The zero-order valence-electron chi connectivity index (χ0n) is 14.9. The van der Waals surface area contributed by atoms with Gasteiger partial charge < -0.3 is 14.5 Å². The van der Waals surface area contributed by atoms with Gasteiger partial charge in [0.15, 0.2) is 0 Å². The standard InChI is InChI=1S/C18H26N2O3S/c1-11(2)23-18(22)16-12(3)9-20-15(10-24-17(16)20)14-7-5-6-8-19(14)13(4)21/h11-12H,5-10H2,1-4H3. The Bertz CT molecular complexity index is 624. The molecule has 0 aromatic rings. The number of ether oxygens (including phenoxy) is 1. The molecule has 3 rings (SSSR count). The zero-order chi connectivity index (χ0) is 17.4. The Morgan fingerprint density at radius 3 is 2.67 bits per heavy atom. The average molecular weight is 350 g/mol. The molecule has 3 heterocycles. The third kappa shape index (κ3) is 3.08. The van der Waals surface area contributed by atoms with Gasteiger partial charge >= 0.3 is 5.97 Å². The largest absolute Gasteiger partial charge is 0.460 e. The quantitative estimate of drug-likeness (QED) is 0.716. The van der Waals surface area contributed by atoms with Crippen LogP contribution >= 0.6 is 11.8 Å². The van der Waals surface area contributed by atoms with Crippen molar-refractivity contribution < 1.29 is 14.3 Å². The Balaban J connectivity index is 1.93. The van der Waals surface area contributed by atoms with E-state index in [1.54, 1.807) is 18.7 Å². The summed E-state index contributed by atoms with van der Waals surface area (Å²) in [6.07, 6.45) is 3.02. The number of carbonyl (C=O) groups excluding carboxylic acids is 2. The number of rotatable bonds is 2. The van der Waals surface area contributed by atoms with Crippen molar-refractivity contribution in [2.45, 2.75) is 53.1 Å². The summed E-state index contributed by atoms with van der Waals surface area (Å²) >= 11 is 1.70. The second-order valence-electron chi connectivity index (χ2n) is 6.99. The van der Waals surface area contributed by atoms with Gasteiger partial charge in [-0.2, -0.15) is 0 Å². The molecule has 1 atom stereocenters. The fourth-order valence-electron chi connectivity index (χ4n) is 3.69. The van der Waals surface area contributed by atoms with E-state index < -0.39 is 0 Å². The SMILES string of the molecule is CC(=O)N1CCCCC1=C1CSC2=C(C(=O)OC(C)C)C(C)CN12. The highest BCUT2D eigenvalue weighted by atomic mass is 32.2. The summed E-state index contributed by atoms with van der Waals surface area (Å²) in [5, 5.41) is 1.03.